The van der Waals surface area contributed by atoms with Crippen molar-refractivity contribution in [2.75, 3.05) is 11.5 Å². The molecule has 1 fully saturated rings. The van der Waals surface area contributed by atoms with Crippen LogP contribution in [-0.2, 0) is 9.84 Å². The summed E-state index contributed by atoms with van der Waals surface area (Å²) in [5.41, 5.74) is -0.118. The van der Waals surface area contributed by atoms with Gasteiger partial charge in [-0.2, -0.15) is 5.26 Å². The SMILES string of the molecule is Cc1c(C=Nc2ccc(C(=O)O)cc2)c(O)n(C2CCS(=O)(=O)C2)c(=O)c1C#N. The molecule has 0 spiro atoms. The van der Waals surface area contributed by atoms with Crippen molar-refractivity contribution in [3.8, 4) is 11.9 Å². The number of pyridine rings is 1. The Morgan fingerprint density at radius 3 is 2.52 bits per heavy atom. The fraction of sp³-hybridized carbons (Fsp3) is 0.263. The van der Waals surface area contributed by atoms with Gasteiger partial charge in [0, 0.05) is 6.21 Å². The molecule has 1 saturated heterocycles. The summed E-state index contributed by atoms with van der Waals surface area (Å²) in [6.07, 6.45) is 1.43. The van der Waals surface area contributed by atoms with E-state index >= 15 is 0 Å². The van der Waals surface area contributed by atoms with Crippen molar-refractivity contribution in [3.05, 3.63) is 56.9 Å². The summed E-state index contributed by atoms with van der Waals surface area (Å²) < 4.78 is 24.5. The number of hydrogen-bond acceptors (Lipinski definition) is 7. The van der Waals surface area contributed by atoms with E-state index < -0.39 is 33.3 Å². The molecular weight excluding hydrogens is 398 g/mol. The first-order valence-corrected chi connectivity index (χ1v) is 10.4. The monoisotopic (exact) mass is 415 g/mol. The van der Waals surface area contributed by atoms with Crippen LogP contribution in [0.4, 0.5) is 5.69 Å². The molecule has 2 aromatic rings. The lowest BCUT2D eigenvalue weighted by molar-refractivity contribution is 0.0697. The molecule has 1 aromatic heterocycles. The highest BCUT2D eigenvalue weighted by atomic mass is 32.2. The minimum Gasteiger partial charge on any atom is -0.494 e. The Labute approximate surface area is 166 Å². The molecule has 0 saturated carbocycles. The first kappa shape index (κ1) is 20.3. The van der Waals surface area contributed by atoms with Gasteiger partial charge in [-0.25, -0.2) is 13.2 Å². The van der Waals surface area contributed by atoms with Gasteiger partial charge in [-0.15, -0.1) is 0 Å². The Hall–Kier alpha value is -3.45. The fourth-order valence-electron chi connectivity index (χ4n) is 3.24. The van der Waals surface area contributed by atoms with Gasteiger partial charge in [-0.3, -0.25) is 14.4 Å². The van der Waals surface area contributed by atoms with Crippen LogP contribution < -0.4 is 5.56 Å². The fourth-order valence-corrected chi connectivity index (χ4v) is 4.94. The Bertz CT molecular complexity index is 1220. The minimum absolute atomic E-state index is 0.0886. The first-order chi connectivity index (χ1) is 13.6. The number of sulfone groups is 1. The zero-order chi connectivity index (χ0) is 21.3. The summed E-state index contributed by atoms with van der Waals surface area (Å²) in [7, 11) is -3.32. The van der Waals surface area contributed by atoms with Crippen molar-refractivity contribution in [1.82, 2.24) is 4.57 Å². The van der Waals surface area contributed by atoms with E-state index in [0.717, 1.165) is 4.57 Å². The van der Waals surface area contributed by atoms with Crippen LogP contribution in [0.25, 0.3) is 0 Å². The van der Waals surface area contributed by atoms with Gasteiger partial charge in [0.25, 0.3) is 5.56 Å². The highest BCUT2D eigenvalue weighted by Gasteiger charge is 2.33. The molecule has 2 heterocycles. The molecule has 29 heavy (non-hydrogen) atoms. The van der Waals surface area contributed by atoms with E-state index in [4.69, 9.17) is 5.11 Å². The molecule has 1 aliphatic rings. The zero-order valence-electron chi connectivity index (χ0n) is 15.4. The smallest absolute Gasteiger partial charge is 0.335 e. The van der Waals surface area contributed by atoms with Gasteiger partial charge in [0.2, 0.25) is 5.88 Å². The van der Waals surface area contributed by atoms with Gasteiger partial charge >= 0.3 is 5.97 Å². The van der Waals surface area contributed by atoms with Crippen molar-refractivity contribution in [2.24, 2.45) is 4.99 Å². The number of aromatic hydroxyl groups is 1. The molecule has 1 aliphatic heterocycles. The van der Waals surface area contributed by atoms with Crippen LogP contribution >= 0.6 is 0 Å². The molecule has 0 radical (unpaired) electrons. The number of hydrogen-bond donors (Lipinski definition) is 2. The molecule has 0 amide bonds. The maximum Gasteiger partial charge on any atom is 0.335 e. The Morgan fingerprint density at radius 2 is 2.00 bits per heavy atom. The van der Waals surface area contributed by atoms with Crippen LogP contribution in [0.1, 0.15) is 39.5 Å². The van der Waals surface area contributed by atoms with E-state index in [9.17, 15) is 28.4 Å². The van der Waals surface area contributed by atoms with Gasteiger partial charge in [-0.05, 0) is 43.2 Å². The minimum atomic E-state index is -3.32. The first-order valence-electron chi connectivity index (χ1n) is 8.60. The summed E-state index contributed by atoms with van der Waals surface area (Å²) in [6, 6.07) is 6.73. The largest absolute Gasteiger partial charge is 0.494 e. The van der Waals surface area contributed by atoms with Gasteiger partial charge in [-0.1, -0.05) is 0 Å². The molecule has 0 bridgehead atoms. The van der Waals surface area contributed by atoms with E-state index in [-0.39, 0.29) is 40.2 Å². The zero-order valence-corrected chi connectivity index (χ0v) is 16.2. The number of aromatic carboxylic acids is 1. The summed E-state index contributed by atoms with van der Waals surface area (Å²) >= 11 is 0. The number of benzene rings is 1. The number of rotatable bonds is 4. The van der Waals surface area contributed by atoms with Crippen LogP contribution in [0.2, 0.25) is 0 Å². The summed E-state index contributed by atoms with van der Waals surface area (Å²) in [6.45, 7) is 1.49. The highest BCUT2D eigenvalue weighted by molar-refractivity contribution is 7.91. The normalized spacial score (nSPS) is 18.0. The van der Waals surface area contributed by atoms with Crippen molar-refractivity contribution < 1.29 is 23.4 Å². The number of carbonyl (C=O) groups is 1. The number of aromatic nitrogens is 1. The lowest BCUT2D eigenvalue weighted by Crippen LogP contribution is -2.29. The maximum absolute atomic E-state index is 12.7. The summed E-state index contributed by atoms with van der Waals surface area (Å²) in [5, 5.41) is 29.0. The van der Waals surface area contributed by atoms with Gasteiger partial charge < -0.3 is 10.2 Å². The number of carboxylic acids is 1. The van der Waals surface area contributed by atoms with E-state index in [1.165, 1.54) is 37.4 Å². The number of nitriles is 1. The van der Waals surface area contributed by atoms with E-state index in [2.05, 4.69) is 4.99 Å². The van der Waals surface area contributed by atoms with Crippen LogP contribution in [-0.4, -0.2) is 46.9 Å². The van der Waals surface area contributed by atoms with Crippen molar-refractivity contribution in [1.29, 1.82) is 5.26 Å². The Morgan fingerprint density at radius 1 is 1.34 bits per heavy atom. The summed E-state index contributed by atoms with van der Waals surface area (Å²) in [4.78, 5) is 27.7. The predicted molar refractivity (Wildman–Crippen MR) is 105 cm³/mol. The second-order valence-corrected chi connectivity index (χ2v) is 8.92. The number of carboxylic acid groups (broad SMARTS) is 1. The van der Waals surface area contributed by atoms with Crippen LogP contribution in [0.3, 0.4) is 0 Å². The molecule has 0 aliphatic carbocycles. The Kier molecular flexibility index (Phi) is 5.26. The lowest BCUT2D eigenvalue weighted by Gasteiger charge is -2.18. The second kappa shape index (κ2) is 7.52. The third-order valence-electron chi connectivity index (χ3n) is 4.82. The highest BCUT2D eigenvalue weighted by Crippen LogP contribution is 2.29. The third kappa shape index (κ3) is 3.90. The molecule has 10 heteroatoms. The van der Waals surface area contributed by atoms with Crippen LogP contribution in [0.5, 0.6) is 5.88 Å². The standard InChI is InChI=1S/C19H17N3O6S/c1-11-15(8-20)17(23)22(14-6-7-29(27,28)10-14)18(24)16(11)9-21-13-4-2-12(3-5-13)19(25)26/h2-5,9,14,24H,6-7,10H2,1H3,(H,25,26). The topological polar surface area (TPSA) is 150 Å². The maximum atomic E-state index is 12.7. The number of nitrogens with zero attached hydrogens (tertiary/aromatic N) is 3. The van der Waals surface area contributed by atoms with E-state index in [1.54, 1.807) is 0 Å². The molecule has 2 N–H and O–H groups in total. The van der Waals surface area contributed by atoms with Crippen molar-refractivity contribution in [3.63, 3.8) is 0 Å². The third-order valence-corrected chi connectivity index (χ3v) is 6.57. The van der Waals surface area contributed by atoms with E-state index in [1.807, 2.05) is 6.07 Å². The van der Waals surface area contributed by atoms with Crippen molar-refractivity contribution >= 4 is 27.7 Å². The van der Waals surface area contributed by atoms with Crippen molar-refractivity contribution in [2.45, 2.75) is 19.4 Å². The van der Waals surface area contributed by atoms with Crippen LogP contribution in [0, 0.1) is 18.3 Å². The molecule has 1 unspecified atom stereocenters. The number of aliphatic imine (C=N–C) groups is 1. The molecule has 9 nitrogen and oxygen atoms in total. The van der Waals surface area contributed by atoms with Gasteiger partial charge in [0.1, 0.15) is 11.6 Å². The predicted octanol–water partition coefficient (Wildman–Crippen LogP) is 1.54. The van der Waals surface area contributed by atoms with Crippen LogP contribution in [0.15, 0.2) is 34.1 Å². The average Bonchev–Trinajstić information content (AvgIpc) is 3.01. The summed E-state index contributed by atoms with van der Waals surface area (Å²) in [5.74, 6) is -1.92. The molecule has 3 rings (SSSR count). The Balaban J connectivity index is 2.09. The molecule has 1 aromatic carbocycles. The lowest BCUT2D eigenvalue weighted by atomic mass is 10.0. The van der Waals surface area contributed by atoms with Gasteiger partial charge in [0.05, 0.1) is 34.4 Å². The molecule has 1 atom stereocenters. The molecular formula is C19H17N3O6S. The average molecular weight is 415 g/mol. The second-order valence-electron chi connectivity index (χ2n) is 6.69. The van der Waals surface area contributed by atoms with Gasteiger partial charge in [0.15, 0.2) is 9.84 Å². The van der Waals surface area contributed by atoms with E-state index in [0.29, 0.717) is 5.69 Å². The quantitative estimate of drug-likeness (QED) is 0.719. The molecule has 150 valence electrons.